The van der Waals surface area contributed by atoms with Gasteiger partial charge in [0.15, 0.2) is 0 Å². The van der Waals surface area contributed by atoms with Gasteiger partial charge in [0.1, 0.15) is 5.75 Å². The third kappa shape index (κ3) is 4.10. The van der Waals surface area contributed by atoms with Crippen molar-refractivity contribution in [3.05, 3.63) is 42.5 Å². The maximum atomic E-state index is 13.0. The summed E-state index contributed by atoms with van der Waals surface area (Å²) in [5, 5.41) is 4.66. The van der Waals surface area contributed by atoms with Crippen LogP contribution in [0, 0.1) is 0 Å². The Morgan fingerprint density at radius 2 is 1.68 bits per heavy atom. The number of nitrogens with one attached hydrogen (secondary N) is 1. The van der Waals surface area contributed by atoms with Gasteiger partial charge in [-0.3, -0.25) is 9.59 Å². The molecule has 0 fully saturated rings. The lowest BCUT2D eigenvalue weighted by atomic mass is 10.1. The van der Waals surface area contributed by atoms with Gasteiger partial charge in [0, 0.05) is 31.8 Å². The number of hydrogen-bond donors (Lipinski definition) is 1. The molecule has 0 aromatic heterocycles. The van der Waals surface area contributed by atoms with Crippen molar-refractivity contribution in [2.45, 2.75) is 39.8 Å². The first-order chi connectivity index (χ1) is 11.9. The second-order valence-corrected chi connectivity index (χ2v) is 5.99. The predicted octanol–water partition coefficient (Wildman–Crippen LogP) is 3.33. The molecule has 0 spiro atoms. The normalized spacial score (nSPS) is 13.1. The second kappa shape index (κ2) is 8.01. The Hall–Kier alpha value is -2.56. The van der Waals surface area contributed by atoms with E-state index in [2.05, 4.69) is 5.32 Å². The summed E-state index contributed by atoms with van der Waals surface area (Å²) in [5.74, 6) is 0.0768. The molecule has 0 bridgehead atoms. The second-order valence-electron chi connectivity index (χ2n) is 5.99. The lowest BCUT2D eigenvalue weighted by molar-refractivity contribution is -0.153. The quantitative estimate of drug-likeness (QED) is 0.785. The van der Waals surface area contributed by atoms with Crippen LogP contribution in [0.25, 0.3) is 10.8 Å². The summed E-state index contributed by atoms with van der Waals surface area (Å²) in [6, 6.07) is 13.5. The fourth-order valence-electron chi connectivity index (χ4n) is 2.79. The molecule has 0 aliphatic heterocycles. The molecule has 0 heterocycles. The van der Waals surface area contributed by atoms with E-state index in [0.29, 0.717) is 18.8 Å². The van der Waals surface area contributed by atoms with Crippen molar-refractivity contribution in [3.63, 3.8) is 0 Å². The van der Waals surface area contributed by atoms with Crippen LogP contribution in [0.15, 0.2) is 42.5 Å². The molecular weight excluding hydrogens is 316 g/mol. The van der Waals surface area contributed by atoms with E-state index in [1.54, 1.807) is 18.7 Å². The Balaban J connectivity index is 2.44. The molecule has 25 heavy (non-hydrogen) atoms. The standard InChI is InChI=1S/C20H26N2O3/c1-5-18(23)21-20(4,19(24)22(6-2)7-3)25-17-14-10-12-15-11-8-9-13-16(15)17/h8-14H,5-7H2,1-4H3,(H,21,23). The van der Waals surface area contributed by atoms with Crippen LogP contribution in [0.2, 0.25) is 0 Å². The van der Waals surface area contributed by atoms with Crippen LogP contribution in [0.5, 0.6) is 5.75 Å². The van der Waals surface area contributed by atoms with E-state index in [4.69, 9.17) is 4.74 Å². The van der Waals surface area contributed by atoms with E-state index in [1.165, 1.54) is 0 Å². The Labute approximate surface area is 149 Å². The van der Waals surface area contributed by atoms with Gasteiger partial charge in [-0.1, -0.05) is 43.3 Å². The molecule has 1 unspecified atom stereocenters. The first-order valence-corrected chi connectivity index (χ1v) is 8.72. The number of carbonyl (C=O) groups is 2. The minimum Gasteiger partial charge on any atom is -0.458 e. The van der Waals surface area contributed by atoms with Gasteiger partial charge in [0.2, 0.25) is 5.91 Å². The first-order valence-electron chi connectivity index (χ1n) is 8.72. The summed E-state index contributed by atoms with van der Waals surface area (Å²) >= 11 is 0. The zero-order valence-electron chi connectivity index (χ0n) is 15.3. The third-order valence-electron chi connectivity index (χ3n) is 4.22. The number of nitrogens with zero attached hydrogens (tertiary/aromatic N) is 1. The summed E-state index contributed by atoms with van der Waals surface area (Å²) < 4.78 is 6.11. The van der Waals surface area contributed by atoms with E-state index in [9.17, 15) is 9.59 Å². The van der Waals surface area contributed by atoms with Crippen LogP contribution in [0.3, 0.4) is 0 Å². The molecule has 5 heteroatoms. The highest BCUT2D eigenvalue weighted by molar-refractivity contribution is 5.92. The van der Waals surface area contributed by atoms with Crippen LogP contribution in [0.4, 0.5) is 0 Å². The molecule has 1 N–H and O–H groups in total. The number of benzene rings is 2. The van der Waals surface area contributed by atoms with E-state index in [0.717, 1.165) is 10.8 Å². The Morgan fingerprint density at radius 1 is 1.04 bits per heavy atom. The maximum absolute atomic E-state index is 13.0. The minimum absolute atomic E-state index is 0.233. The number of fused-ring (bicyclic) bond motifs is 1. The van der Waals surface area contributed by atoms with Gasteiger partial charge < -0.3 is 15.0 Å². The number of amides is 2. The Bertz CT molecular complexity index is 750. The molecule has 0 radical (unpaired) electrons. The van der Waals surface area contributed by atoms with Gasteiger partial charge in [0.25, 0.3) is 11.6 Å². The van der Waals surface area contributed by atoms with Crippen LogP contribution < -0.4 is 10.1 Å². The third-order valence-corrected chi connectivity index (χ3v) is 4.22. The van der Waals surface area contributed by atoms with Crippen molar-refractivity contribution in [1.29, 1.82) is 0 Å². The van der Waals surface area contributed by atoms with Crippen molar-refractivity contribution in [2.24, 2.45) is 0 Å². The molecule has 0 saturated heterocycles. The molecule has 0 aliphatic carbocycles. The van der Waals surface area contributed by atoms with Crippen LogP contribution in [-0.2, 0) is 9.59 Å². The molecule has 0 saturated carbocycles. The van der Waals surface area contributed by atoms with Crippen LogP contribution >= 0.6 is 0 Å². The summed E-state index contributed by atoms with van der Waals surface area (Å²) in [6.07, 6.45) is 0.278. The van der Waals surface area contributed by atoms with Gasteiger partial charge in [-0.05, 0) is 25.3 Å². The lowest BCUT2D eigenvalue weighted by Crippen LogP contribution is -2.61. The molecule has 2 rings (SSSR count). The van der Waals surface area contributed by atoms with Crippen molar-refractivity contribution in [3.8, 4) is 5.75 Å². The zero-order valence-corrected chi connectivity index (χ0v) is 15.3. The van der Waals surface area contributed by atoms with Gasteiger partial charge in [-0.15, -0.1) is 0 Å². The largest absolute Gasteiger partial charge is 0.458 e. The number of likely N-dealkylation sites (N-methyl/N-ethyl adjacent to an activating group) is 1. The van der Waals surface area contributed by atoms with Gasteiger partial charge in [-0.25, -0.2) is 0 Å². The minimum atomic E-state index is -1.46. The fourth-order valence-corrected chi connectivity index (χ4v) is 2.79. The SMILES string of the molecule is CCC(=O)NC(C)(Oc1cccc2ccccc12)C(=O)N(CC)CC. The highest BCUT2D eigenvalue weighted by Gasteiger charge is 2.40. The topological polar surface area (TPSA) is 58.6 Å². The van der Waals surface area contributed by atoms with Crippen molar-refractivity contribution < 1.29 is 14.3 Å². The highest BCUT2D eigenvalue weighted by atomic mass is 16.5. The van der Waals surface area contributed by atoms with Gasteiger partial charge in [-0.2, -0.15) is 0 Å². The Morgan fingerprint density at radius 3 is 2.32 bits per heavy atom. The van der Waals surface area contributed by atoms with Gasteiger partial charge >= 0.3 is 0 Å². The summed E-state index contributed by atoms with van der Waals surface area (Å²) in [6.45, 7) is 8.26. The Kier molecular flexibility index (Phi) is 6.02. The van der Waals surface area contributed by atoms with E-state index in [1.807, 2.05) is 56.3 Å². The smallest absolute Gasteiger partial charge is 0.288 e. The molecular formula is C20H26N2O3. The molecule has 2 aromatic rings. The maximum Gasteiger partial charge on any atom is 0.288 e. The van der Waals surface area contributed by atoms with E-state index in [-0.39, 0.29) is 18.2 Å². The highest BCUT2D eigenvalue weighted by Crippen LogP contribution is 2.28. The van der Waals surface area contributed by atoms with Crippen LogP contribution in [-0.4, -0.2) is 35.5 Å². The fraction of sp³-hybridized carbons (Fsp3) is 0.400. The monoisotopic (exact) mass is 342 g/mol. The van der Waals surface area contributed by atoms with Crippen molar-refractivity contribution in [2.75, 3.05) is 13.1 Å². The van der Waals surface area contributed by atoms with E-state index < -0.39 is 5.72 Å². The molecule has 2 aromatic carbocycles. The average Bonchev–Trinajstić information content (AvgIpc) is 2.62. The molecule has 1 atom stereocenters. The number of hydrogen-bond acceptors (Lipinski definition) is 3. The number of rotatable bonds is 7. The summed E-state index contributed by atoms with van der Waals surface area (Å²) in [5.41, 5.74) is -1.46. The van der Waals surface area contributed by atoms with Gasteiger partial charge in [0.05, 0.1) is 0 Å². The zero-order chi connectivity index (χ0) is 18.4. The average molecular weight is 342 g/mol. The van der Waals surface area contributed by atoms with E-state index >= 15 is 0 Å². The molecule has 134 valence electrons. The lowest BCUT2D eigenvalue weighted by Gasteiger charge is -2.34. The predicted molar refractivity (Wildman–Crippen MR) is 99.3 cm³/mol. The molecule has 0 aliphatic rings. The molecule has 2 amide bonds. The van der Waals surface area contributed by atoms with Crippen molar-refractivity contribution >= 4 is 22.6 Å². The number of carbonyl (C=O) groups excluding carboxylic acids is 2. The first kappa shape index (κ1) is 18.8. The summed E-state index contributed by atoms with van der Waals surface area (Å²) in [7, 11) is 0. The number of ether oxygens (including phenoxy) is 1. The molecule has 5 nitrogen and oxygen atoms in total. The summed E-state index contributed by atoms with van der Waals surface area (Å²) in [4.78, 5) is 26.7. The van der Waals surface area contributed by atoms with Crippen molar-refractivity contribution in [1.82, 2.24) is 10.2 Å². The van der Waals surface area contributed by atoms with Crippen LogP contribution in [0.1, 0.15) is 34.1 Å².